The molecule has 84 valence electrons. The zero-order valence-electron chi connectivity index (χ0n) is 9.16. The van der Waals surface area contributed by atoms with Crippen molar-refractivity contribution < 1.29 is 0 Å². The van der Waals surface area contributed by atoms with Crippen molar-refractivity contribution in [1.82, 2.24) is 10.2 Å². The van der Waals surface area contributed by atoms with E-state index in [9.17, 15) is 0 Å². The van der Waals surface area contributed by atoms with Gasteiger partial charge in [0.1, 0.15) is 0 Å². The average molecular weight is 289 g/mol. The van der Waals surface area contributed by atoms with Gasteiger partial charge in [-0.25, -0.2) is 0 Å². The summed E-state index contributed by atoms with van der Waals surface area (Å²) in [6, 6.07) is 5.45. The van der Waals surface area contributed by atoms with Crippen LogP contribution in [0.3, 0.4) is 0 Å². The second-order valence-electron chi connectivity index (χ2n) is 4.28. The Bertz CT molecular complexity index is 326. The fourth-order valence-electron chi connectivity index (χ4n) is 2.07. The summed E-state index contributed by atoms with van der Waals surface area (Å²) in [5.74, 6) is 0. The lowest BCUT2D eigenvalue weighted by molar-refractivity contribution is 0.388. The van der Waals surface area contributed by atoms with Crippen LogP contribution in [0.4, 0.5) is 0 Å². The van der Waals surface area contributed by atoms with Gasteiger partial charge in [-0.15, -0.1) is 11.3 Å². The number of likely N-dealkylation sites (tertiary alicyclic amines) is 1. The molecule has 0 saturated carbocycles. The molecule has 2 atom stereocenters. The molecular weight excluding hydrogens is 272 g/mol. The van der Waals surface area contributed by atoms with Crippen LogP contribution in [0.15, 0.2) is 15.9 Å². The second-order valence-corrected chi connectivity index (χ2v) is 6.77. The molecule has 0 aromatic carbocycles. The third kappa shape index (κ3) is 3.03. The first-order valence-corrected chi connectivity index (χ1v) is 6.96. The van der Waals surface area contributed by atoms with Crippen molar-refractivity contribution in [2.24, 2.45) is 0 Å². The van der Waals surface area contributed by atoms with Gasteiger partial charge in [0.05, 0.1) is 3.79 Å². The van der Waals surface area contributed by atoms with Crippen LogP contribution in [0.1, 0.15) is 24.3 Å². The highest BCUT2D eigenvalue weighted by atomic mass is 79.9. The summed E-state index contributed by atoms with van der Waals surface area (Å²) < 4.78 is 1.22. The molecule has 15 heavy (non-hydrogen) atoms. The Morgan fingerprint density at radius 3 is 2.93 bits per heavy atom. The average Bonchev–Trinajstić information content (AvgIpc) is 2.75. The minimum Gasteiger partial charge on any atom is -0.305 e. The lowest BCUT2D eigenvalue weighted by Gasteiger charge is -2.18. The van der Waals surface area contributed by atoms with Crippen molar-refractivity contribution in [3.05, 3.63) is 20.8 Å². The van der Waals surface area contributed by atoms with Gasteiger partial charge in [0.15, 0.2) is 0 Å². The van der Waals surface area contributed by atoms with Gasteiger partial charge in [0.25, 0.3) is 0 Å². The summed E-state index contributed by atoms with van der Waals surface area (Å²) in [5, 5.41) is 3.69. The number of halogens is 1. The molecule has 1 aromatic rings. The van der Waals surface area contributed by atoms with Crippen molar-refractivity contribution in [2.45, 2.75) is 25.4 Å². The maximum Gasteiger partial charge on any atom is 0.0701 e. The Hall–Kier alpha value is 0.1000. The molecule has 1 aliphatic heterocycles. The Morgan fingerprint density at radius 1 is 1.60 bits per heavy atom. The number of nitrogens with one attached hydrogen (secondary N) is 1. The number of rotatable bonds is 3. The molecule has 1 saturated heterocycles. The van der Waals surface area contributed by atoms with Gasteiger partial charge in [-0.3, -0.25) is 0 Å². The molecule has 1 aromatic heterocycles. The molecule has 0 radical (unpaired) electrons. The first-order valence-electron chi connectivity index (χ1n) is 5.35. The van der Waals surface area contributed by atoms with Crippen LogP contribution in [0, 0.1) is 0 Å². The highest BCUT2D eigenvalue weighted by molar-refractivity contribution is 9.11. The first-order chi connectivity index (χ1) is 7.15. The molecule has 2 heterocycles. The fourth-order valence-corrected chi connectivity index (χ4v) is 3.50. The maximum atomic E-state index is 3.69. The van der Waals surface area contributed by atoms with Gasteiger partial charge >= 0.3 is 0 Å². The number of hydrogen-bond donors (Lipinski definition) is 1. The zero-order valence-corrected chi connectivity index (χ0v) is 11.6. The molecule has 0 spiro atoms. The summed E-state index contributed by atoms with van der Waals surface area (Å²) >= 11 is 5.33. The van der Waals surface area contributed by atoms with Crippen molar-refractivity contribution in [3.63, 3.8) is 0 Å². The largest absolute Gasteiger partial charge is 0.305 e. The van der Waals surface area contributed by atoms with Crippen molar-refractivity contribution in [3.8, 4) is 0 Å². The molecule has 2 rings (SSSR count). The van der Waals surface area contributed by atoms with E-state index >= 15 is 0 Å². The minimum absolute atomic E-state index is 0.470. The van der Waals surface area contributed by atoms with Gasteiger partial charge in [0, 0.05) is 23.5 Å². The molecule has 2 nitrogen and oxygen atoms in total. The van der Waals surface area contributed by atoms with Crippen molar-refractivity contribution in [1.29, 1.82) is 0 Å². The Kier molecular flexibility index (Phi) is 3.83. The quantitative estimate of drug-likeness (QED) is 0.920. The fraction of sp³-hybridized carbons (Fsp3) is 0.636. The molecule has 0 bridgehead atoms. The number of hydrogen-bond acceptors (Lipinski definition) is 3. The zero-order chi connectivity index (χ0) is 10.8. The summed E-state index contributed by atoms with van der Waals surface area (Å²) in [5.41, 5.74) is 0. The van der Waals surface area contributed by atoms with E-state index in [2.05, 4.69) is 52.3 Å². The normalized spacial score (nSPS) is 24.6. The monoisotopic (exact) mass is 288 g/mol. The van der Waals surface area contributed by atoms with E-state index in [-0.39, 0.29) is 0 Å². The van der Waals surface area contributed by atoms with E-state index < -0.39 is 0 Å². The number of likely N-dealkylation sites (N-methyl/N-ethyl adjacent to an activating group) is 1. The van der Waals surface area contributed by atoms with Crippen molar-refractivity contribution in [2.75, 3.05) is 20.1 Å². The highest BCUT2D eigenvalue weighted by Gasteiger charge is 2.21. The van der Waals surface area contributed by atoms with Gasteiger partial charge in [-0.2, -0.15) is 0 Å². The van der Waals surface area contributed by atoms with Crippen LogP contribution in [0.25, 0.3) is 0 Å². The Morgan fingerprint density at radius 2 is 2.40 bits per heavy atom. The molecule has 4 heteroatoms. The SMILES string of the molecule is C[C@@H](N[C@H]1CCN(C)C1)c1ccc(Br)s1. The Labute approximate surface area is 104 Å². The van der Waals surface area contributed by atoms with Crippen LogP contribution in [-0.4, -0.2) is 31.1 Å². The van der Waals surface area contributed by atoms with Crippen LogP contribution >= 0.6 is 27.3 Å². The summed E-state index contributed by atoms with van der Waals surface area (Å²) in [4.78, 5) is 3.80. The van der Waals surface area contributed by atoms with Crippen molar-refractivity contribution >= 4 is 27.3 Å². The van der Waals surface area contributed by atoms with Gasteiger partial charge in [-0.1, -0.05) is 0 Å². The molecule has 0 amide bonds. The third-order valence-corrected chi connectivity index (χ3v) is 4.70. The van der Waals surface area contributed by atoms with Crippen LogP contribution < -0.4 is 5.32 Å². The smallest absolute Gasteiger partial charge is 0.0701 e. The molecule has 0 aliphatic carbocycles. The lowest BCUT2D eigenvalue weighted by atomic mass is 10.2. The van der Waals surface area contributed by atoms with Gasteiger partial charge in [-0.05, 0) is 55.0 Å². The van der Waals surface area contributed by atoms with Crippen LogP contribution in [-0.2, 0) is 0 Å². The molecule has 1 fully saturated rings. The number of nitrogens with zero attached hydrogens (tertiary/aromatic N) is 1. The number of thiophene rings is 1. The Balaban J connectivity index is 1.89. The van der Waals surface area contributed by atoms with E-state index in [1.165, 1.54) is 28.2 Å². The van der Waals surface area contributed by atoms with Gasteiger partial charge < -0.3 is 10.2 Å². The molecule has 1 N–H and O–H groups in total. The second kappa shape index (κ2) is 4.95. The van der Waals surface area contributed by atoms with E-state index in [0.717, 1.165) is 0 Å². The predicted molar refractivity (Wildman–Crippen MR) is 69.5 cm³/mol. The van der Waals surface area contributed by atoms with E-state index in [1.54, 1.807) is 0 Å². The highest BCUT2D eigenvalue weighted by Crippen LogP contribution is 2.27. The molecular formula is C11H17BrN2S. The summed E-state index contributed by atoms with van der Waals surface area (Å²) in [6.07, 6.45) is 1.27. The summed E-state index contributed by atoms with van der Waals surface area (Å²) in [7, 11) is 2.19. The van der Waals surface area contributed by atoms with E-state index in [4.69, 9.17) is 0 Å². The maximum absolute atomic E-state index is 3.69. The van der Waals surface area contributed by atoms with Crippen LogP contribution in [0.2, 0.25) is 0 Å². The van der Waals surface area contributed by atoms with Crippen LogP contribution in [0.5, 0.6) is 0 Å². The van der Waals surface area contributed by atoms with E-state index in [1.807, 2.05) is 11.3 Å². The lowest BCUT2D eigenvalue weighted by Crippen LogP contribution is -2.33. The van der Waals surface area contributed by atoms with E-state index in [0.29, 0.717) is 12.1 Å². The first kappa shape index (κ1) is 11.6. The third-order valence-electron chi connectivity index (χ3n) is 2.90. The standard InChI is InChI=1S/C11H17BrN2S/c1-8(10-3-4-11(12)15-10)13-9-5-6-14(2)7-9/h3-4,8-9,13H,5-7H2,1-2H3/t8-,9+/m1/s1. The minimum atomic E-state index is 0.470. The van der Waals surface area contributed by atoms with Gasteiger partial charge in [0.2, 0.25) is 0 Å². The summed E-state index contributed by atoms with van der Waals surface area (Å²) in [6.45, 7) is 4.64. The predicted octanol–water partition coefficient (Wildman–Crippen LogP) is 2.87. The molecule has 0 unspecified atom stereocenters. The molecule has 1 aliphatic rings. The topological polar surface area (TPSA) is 15.3 Å².